The van der Waals surface area contributed by atoms with E-state index in [1.165, 1.54) is 24.4 Å². The first-order chi connectivity index (χ1) is 12.7. The highest BCUT2D eigenvalue weighted by molar-refractivity contribution is 7.89. The fourth-order valence-electron chi connectivity index (χ4n) is 2.82. The Bertz CT molecular complexity index is 939. The first kappa shape index (κ1) is 20.3. The average molecular weight is 433 g/mol. The van der Waals surface area contributed by atoms with Crippen LogP contribution in [0.2, 0.25) is 10.0 Å². The van der Waals surface area contributed by atoms with E-state index in [0.717, 1.165) is 10.00 Å². The molecule has 146 valence electrons. The van der Waals surface area contributed by atoms with Crippen LogP contribution in [0.4, 0.5) is 0 Å². The molecule has 1 aliphatic heterocycles. The van der Waals surface area contributed by atoms with Gasteiger partial charge in [0.05, 0.1) is 24.4 Å². The van der Waals surface area contributed by atoms with Crippen molar-refractivity contribution >= 4 is 33.2 Å². The summed E-state index contributed by atoms with van der Waals surface area (Å²) in [5.41, 5.74) is -0.982. The number of ether oxygens (including phenoxy) is 1. The van der Waals surface area contributed by atoms with Crippen LogP contribution in [0.25, 0.3) is 0 Å². The Labute approximate surface area is 167 Å². The van der Waals surface area contributed by atoms with Gasteiger partial charge in [-0.1, -0.05) is 23.2 Å². The molecule has 2 aromatic rings. The predicted octanol–water partition coefficient (Wildman–Crippen LogP) is 1.87. The maximum absolute atomic E-state index is 13.0. The molecule has 1 aromatic heterocycles. The molecule has 27 heavy (non-hydrogen) atoms. The number of halogens is 2. The molecule has 1 fully saturated rings. The molecule has 7 nitrogen and oxygen atoms in total. The Morgan fingerprint density at radius 3 is 2.67 bits per heavy atom. The van der Waals surface area contributed by atoms with E-state index in [-0.39, 0.29) is 23.0 Å². The monoisotopic (exact) mass is 432 g/mol. The number of sulfonamides is 1. The van der Waals surface area contributed by atoms with E-state index in [9.17, 15) is 18.6 Å². The Morgan fingerprint density at radius 1 is 1.33 bits per heavy atom. The van der Waals surface area contributed by atoms with Crippen LogP contribution in [0.3, 0.4) is 0 Å². The van der Waals surface area contributed by atoms with Crippen LogP contribution in [0, 0.1) is 6.92 Å². The smallest absolute Gasteiger partial charge is 0.244 e. The molecule has 0 aliphatic carbocycles. The number of aliphatic hydroxyl groups excluding tert-OH is 1. The zero-order valence-electron chi connectivity index (χ0n) is 14.3. The topological polar surface area (TPSA) is 100.0 Å². The highest BCUT2D eigenvalue weighted by Crippen LogP contribution is 2.33. The second kappa shape index (κ2) is 7.54. The van der Waals surface area contributed by atoms with Gasteiger partial charge in [-0.15, -0.1) is 0 Å². The summed E-state index contributed by atoms with van der Waals surface area (Å²) in [6, 6.07) is 7.44. The number of nitrogens with zero attached hydrogens (tertiary/aromatic N) is 2. The van der Waals surface area contributed by atoms with Crippen molar-refractivity contribution < 1.29 is 23.4 Å². The maximum atomic E-state index is 13.0. The third-order valence-corrected chi connectivity index (χ3v) is 6.90. The highest BCUT2D eigenvalue weighted by atomic mass is 35.5. The van der Waals surface area contributed by atoms with Crippen LogP contribution in [-0.2, 0) is 10.0 Å². The lowest BCUT2D eigenvalue weighted by Crippen LogP contribution is -2.48. The van der Waals surface area contributed by atoms with Crippen molar-refractivity contribution in [2.75, 3.05) is 19.7 Å². The van der Waals surface area contributed by atoms with Gasteiger partial charge in [-0.3, -0.25) is 4.98 Å². The second-order valence-electron chi connectivity index (χ2n) is 6.38. The number of hydrogen-bond donors (Lipinski definition) is 2. The summed E-state index contributed by atoms with van der Waals surface area (Å²) in [6.45, 7) is 0.645. The van der Waals surface area contributed by atoms with Crippen molar-refractivity contribution in [2.45, 2.75) is 23.5 Å². The molecular weight excluding hydrogens is 415 g/mol. The van der Waals surface area contributed by atoms with Crippen LogP contribution in [-0.4, -0.2) is 59.3 Å². The minimum absolute atomic E-state index is 0.0258. The molecule has 0 unspecified atom stereocenters. The van der Waals surface area contributed by atoms with Gasteiger partial charge in [-0.05, 0) is 37.3 Å². The summed E-state index contributed by atoms with van der Waals surface area (Å²) in [5, 5.41) is 20.6. The van der Waals surface area contributed by atoms with Crippen molar-refractivity contribution in [1.29, 1.82) is 0 Å². The molecule has 0 amide bonds. The lowest BCUT2D eigenvalue weighted by Gasteiger charge is -2.26. The van der Waals surface area contributed by atoms with Crippen molar-refractivity contribution in [1.82, 2.24) is 9.29 Å². The molecule has 0 radical (unpaired) electrons. The van der Waals surface area contributed by atoms with Crippen LogP contribution in [0.15, 0.2) is 41.4 Å². The number of aryl methyl sites for hydroxylation is 1. The normalized spacial score (nSPS) is 23.5. The Balaban J connectivity index is 1.88. The summed E-state index contributed by atoms with van der Waals surface area (Å²) >= 11 is 11.9. The van der Waals surface area contributed by atoms with Crippen molar-refractivity contribution in [3.05, 3.63) is 52.3 Å². The fourth-order valence-corrected chi connectivity index (χ4v) is 5.07. The molecule has 3 rings (SSSR count). The summed E-state index contributed by atoms with van der Waals surface area (Å²) in [7, 11) is -4.02. The molecule has 0 spiro atoms. The molecule has 10 heteroatoms. The second-order valence-corrected chi connectivity index (χ2v) is 9.13. The molecule has 1 aliphatic rings. The van der Waals surface area contributed by atoms with Crippen molar-refractivity contribution in [3.63, 3.8) is 0 Å². The zero-order chi connectivity index (χ0) is 19.8. The van der Waals surface area contributed by atoms with Gasteiger partial charge in [-0.25, -0.2) is 8.42 Å². The standard InChI is InChI=1S/C17H18Cl2N2O5S/c1-11-2-4-13(7-20-11)26-16-8-21(9-17(16,23)10-22)27(24,25)15-5-3-12(18)6-14(15)19/h2-7,16,22-23H,8-10H2,1H3/t16-,17+/m0/s1. The van der Waals surface area contributed by atoms with Crippen LogP contribution >= 0.6 is 23.2 Å². The van der Waals surface area contributed by atoms with Gasteiger partial charge in [0.25, 0.3) is 0 Å². The Morgan fingerprint density at radius 2 is 2.07 bits per heavy atom. The van der Waals surface area contributed by atoms with Crippen LogP contribution < -0.4 is 4.74 Å². The van der Waals surface area contributed by atoms with Gasteiger partial charge in [0.2, 0.25) is 10.0 Å². The lowest BCUT2D eigenvalue weighted by atomic mass is 10.0. The number of hydrogen-bond acceptors (Lipinski definition) is 6. The minimum atomic E-state index is -4.02. The van der Waals surface area contributed by atoms with E-state index in [0.29, 0.717) is 10.8 Å². The number of aliphatic hydroxyl groups is 2. The predicted molar refractivity (Wildman–Crippen MR) is 101 cm³/mol. The molecule has 0 bridgehead atoms. The van der Waals surface area contributed by atoms with Gasteiger partial charge in [-0.2, -0.15) is 4.31 Å². The van der Waals surface area contributed by atoms with Gasteiger partial charge >= 0.3 is 0 Å². The van der Waals surface area contributed by atoms with E-state index < -0.39 is 28.3 Å². The maximum Gasteiger partial charge on any atom is 0.244 e. The minimum Gasteiger partial charge on any atom is -0.484 e. The third kappa shape index (κ3) is 4.06. The first-order valence-corrected chi connectivity index (χ1v) is 10.2. The van der Waals surface area contributed by atoms with Crippen molar-refractivity contribution in [2.24, 2.45) is 0 Å². The Kier molecular flexibility index (Phi) is 5.67. The molecule has 1 aromatic carbocycles. The van der Waals surface area contributed by atoms with Gasteiger partial charge in [0.15, 0.2) is 0 Å². The largest absolute Gasteiger partial charge is 0.484 e. The van der Waals surface area contributed by atoms with Crippen LogP contribution in [0.5, 0.6) is 5.75 Å². The summed E-state index contributed by atoms with van der Waals surface area (Å²) < 4.78 is 32.6. The van der Waals surface area contributed by atoms with Crippen molar-refractivity contribution in [3.8, 4) is 5.75 Å². The zero-order valence-corrected chi connectivity index (χ0v) is 16.7. The molecule has 2 heterocycles. The average Bonchev–Trinajstić information content (AvgIpc) is 2.95. The summed E-state index contributed by atoms with van der Waals surface area (Å²) in [4.78, 5) is 3.97. The summed E-state index contributed by atoms with van der Waals surface area (Å²) in [5.74, 6) is 0.362. The first-order valence-electron chi connectivity index (χ1n) is 8.03. The highest BCUT2D eigenvalue weighted by Gasteiger charge is 2.51. The van der Waals surface area contributed by atoms with E-state index in [1.807, 2.05) is 6.92 Å². The lowest BCUT2D eigenvalue weighted by molar-refractivity contribution is -0.0641. The van der Waals surface area contributed by atoms with Gasteiger partial charge in [0, 0.05) is 17.3 Å². The third-order valence-electron chi connectivity index (χ3n) is 4.37. The molecule has 0 saturated carbocycles. The molecule has 2 N–H and O–H groups in total. The fraction of sp³-hybridized carbons (Fsp3) is 0.353. The number of benzene rings is 1. The van der Waals surface area contributed by atoms with Gasteiger partial charge < -0.3 is 14.9 Å². The molecule has 2 atom stereocenters. The molecule has 1 saturated heterocycles. The number of pyridine rings is 1. The van der Waals surface area contributed by atoms with E-state index in [4.69, 9.17) is 27.9 Å². The summed E-state index contributed by atoms with van der Waals surface area (Å²) in [6.07, 6.45) is 0.494. The number of β-amino-alcohol motifs (C(OH)–C–C–N with tert-alkyl or cyclic N) is 1. The SMILES string of the molecule is Cc1ccc(O[C@H]2CN(S(=O)(=O)c3ccc(Cl)cc3Cl)C[C@@]2(O)CO)cn1. The van der Waals surface area contributed by atoms with E-state index in [2.05, 4.69) is 4.98 Å². The van der Waals surface area contributed by atoms with Crippen LogP contribution in [0.1, 0.15) is 5.69 Å². The number of aromatic nitrogens is 1. The molecular formula is C17H18Cl2N2O5S. The van der Waals surface area contributed by atoms with E-state index in [1.54, 1.807) is 12.1 Å². The van der Waals surface area contributed by atoms with E-state index >= 15 is 0 Å². The van der Waals surface area contributed by atoms with Gasteiger partial charge in [0.1, 0.15) is 22.4 Å². The quantitative estimate of drug-likeness (QED) is 0.747. The Hall–Kier alpha value is -1.42. The number of rotatable bonds is 5.